The van der Waals surface area contributed by atoms with Gasteiger partial charge in [0.15, 0.2) is 5.65 Å². The van der Waals surface area contributed by atoms with Gasteiger partial charge in [-0.1, -0.05) is 0 Å². The van der Waals surface area contributed by atoms with Gasteiger partial charge in [0.2, 0.25) is 5.91 Å². The van der Waals surface area contributed by atoms with Crippen LogP contribution in [0.5, 0.6) is 0 Å². The lowest BCUT2D eigenvalue weighted by molar-refractivity contribution is -0.141. The lowest BCUT2D eigenvalue weighted by Gasteiger charge is -2.17. The largest absolute Gasteiger partial charge is 0.469 e. The average Bonchev–Trinajstić information content (AvgIpc) is 2.94. The van der Waals surface area contributed by atoms with E-state index < -0.39 is 0 Å². The molecule has 0 spiro atoms. The highest BCUT2D eigenvalue weighted by Crippen LogP contribution is 2.17. The van der Waals surface area contributed by atoms with Crippen LogP contribution in [0.15, 0.2) is 6.07 Å². The summed E-state index contributed by atoms with van der Waals surface area (Å²) >= 11 is 0. The number of fused-ring (bicyclic) bond motifs is 1. The Morgan fingerprint density at radius 2 is 1.96 bits per heavy atom. The van der Waals surface area contributed by atoms with Crippen LogP contribution in [-0.4, -0.2) is 52.1 Å². The van der Waals surface area contributed by atoms with Gasteiger partial charge in [-0.15, -0.1) is 0 Å². The highest BCUT2D eigenvalue weighted by Gasteiger charge is 2.15. The van der Waals surface area contributed by atoms with Gasteiger partial charge in [0.25, 0.3) is 0 Å². The van der Waals surface area contributed by atoms with Crippen LogP contribution in [0.4, 0.5) is 0 Å². The molecule has 0 bridgehead atoms. The molecule has 0 aromatic carbocycles. The van der Waals surface area contributed by atoms with Crippen LogP contribution in [0, 0.1) is 20.8 Å². The Balaban J connectivity index is 1.97. The van der Waals surface area contributed by atoms with E-state index in [1.165, 1.54) is 7.11 Å². The molecule has 2 heterocycles. The summed E-state index contributed by atoms with van der Waals surface area (Å²) in [5, 5.41) is 4.46. The van der Waals surface area contributed by atoms with Crippen molar-refractivity contribution in [2.24, 2.45) is 0 Å². The number of hydrogen-bond acceptors (Lipinski definition) is 5. The van der Waals surface area contributed by atoms with E-state index in [2.05, 4.69) is 14.8 Å². The van der Waals surface area contributed by atoms with E-state index in [0.29, 0.717) is 32.2 Å². The van der Waals surface area contributed by atoms with Gasteiger partial charge in [-0.2, -0.15) is 5.10 Å². The first-order valence-corrected chi connectivity index (χ1v) is 8.46. The van der Waals surface area contributed by atoms with Crippen molar-refractivity contribution in [3.05, 3.63) is 28.7 Å². The molecule has 2 rings (SSSR count). The molecule has 1 amide bonds. The average molecular weight is 346 g/mol. The minimum absolute atomic E-state index is 0.0559. The molecule has 0 atom stereocenters. The molecule has 0 radical (unpaired) electrons. The molecule has 7 nitrogen and oxygen atoms in total. The summed E-state index contributed by atoms with van der Waals surface area (Å²) in [5.41, 5.74) is 4.78. The van der Waals surface area contributed by atoms with Gasteiger partial charge >= 0.3 is 5.97 Å². The fraction of sp³-hybridized carbons (Fsp3) is 0.556. The van der Waals surface area contributed by atoms with Crippen LogP contribution in [0.1, 0.15) is 41.9 Å². The minimum Gasteiger partial charge on any atom is -0.469 e. The monoisotopic (exact) mass is 346 g/mol. The number of aromatic nitrogens is 3. The summed E-state index contributed by atoms with van der Waals surface area (Å²) in [6, 6.07) is 1.95. The van der Waals surface area contributed by atoms with Crippen molar-refractivity contribution in [3.63, 3.8) is 0 Å². The second kappa shape index (κ2) is 8.09. The van der Waals surface area contributed by atoms with Gasteiger partial charge in [-0.05, 0) is 39.2 Å². The first kappa shape index (κ1) is 18.9. The van der Waals surface area contributed by atoms with Crippen molar-refractivity contribution in [3.8, 4) is 0 Å². The molecule has 0 aliphatic carbocycles. The summed E-state index contributed by atoms with van der Waals surface area (Å²) < 4.78 is 6.44. The maximum Gasteiger partial charge on any atom is 0.305 e. The number of amides is 1. The molecule has 0 fully saturated rings. The van der Waals surface area contributed by atoms with E-state index in [0.717, 1.165) is 28.3 Å². The first-order valence-electron chi connectivity index (χ1n) is 8.46. The number of aryl methyl sites for hydroxylation is 3. The van der Waals surface area contributed by atoms with Crippen LogP contribution in [0.25, 0.3) is 5.65 Å². The maximum absolute atomic E-state index is 12.3. The summed E-state index contributed by atoms with van der Waals surface area (Å²) in [6.07, 6.45) is 1.96. The molecule has 0 aliphatic rings. The third kappa shape index (κ3) is 4.55. The third-order valence-corrected chi connectivity index (χ3v) is 4.40. The number of esters is 1. The maximum atomic E-state index is 12.3. The van der Waals surface area contributed by atoms with Crippen molar-refractivity contribution < 1.29 is 14.3 Å². The zero-order valence-corrected chi connectivity index (χ0v) is 15.6. The third-order valence-electron chi connectivity index (χ3n) is 4.40. The highest BCUT2D eigenvalue weighted by molar-refractivity contribution is 5.76. The van der Waals surface area contributed by atoms with Gasteiger partial charge in [0.1, 0.15) is 0 Å². The van der Waals surface area contributed by atoms with Crippen molar-refractivity contribution in [2.45, 2.75) is 46.5 Å². The summed E-state index contributed by atoms with van der Waals surface area (Å²) in [4.78, 5) is 29.7. The van der Waals surface area contributed by atoms with Crippen LogP contribution >= 0.6 is 0 Å². The number of carbonyl (C=O) groups is 2. The Hall–Kier alpha value is -2.44. The lowest BCUT2D eigenvalue weighted by atomic mass is 10.1. The van der Waals surface area contributed by atoms with Crippen LogP contribution in [0.3, 0.4) is 0 Å². The molecule has 0 unspecified atom stereocenters. The van der Waals surface area contributed by atoms with E-state index in [1.54, 1.807) is 11.9 Å². The second-order valence-corrected chi connectivity index (χ2v) is 6.31. The minimum atomic E-state index is -0.249. The van der Waals surface area contributed by atoms with Crippen LogP contribution in [-0.2, 0) is 20.7 Å². The van der Waals surface area contributed by atoms with Crippen molar-refractivity contribution in [1.82, 2.24) is 19.5 Å². The SMILES string of the molecule is COC(=O)CCCN(C)C(=O)CCc1c(C)nc2cc(C)nn2c1C. The number of carbonyl (C=O) groups excluding carboxylic acids is 2. The Kier molecular flexibility index (Phi) is 6.12. The number of nitrogens with zero attached hydrogens (tertiary/aromatic N) is 4. The van der Waals surface area contributed by atoms with Crippen molar-refractivity contribution in [1.29, 1.82) is 0 Å². The molecule has 0 saturated carbocycles. The van der Waals surface area contributed by atoms with Gasteiger partial charge in [0, 0.05) is 43.9 Å². The molecular weight excluding hydrogens is 320 g/mol. The van der Waals surface area contributed by atoms with Gasteiger partial charge < -0.3 is 9.64 Å². The predicted molar refractivity (Wildman–Crippen MR) is 94.4 cm³/mol. The number of methoxy groups -OCH3 is 1. The van der Waals surface area contributed by atoms with Crippen molar-refractivity contribution >= 4 is 17.5 Å². The number of rotatable bonds is 7. The van der Waals surface area contributed by atoms with Crippen LogP contribution < -0.4 is 0 Å². The van der Waals surface area contributed by atoms with Gasteiger partial charge in [0.05, 0.1) is 12.8 Å². The van der Waals surface area contributed by atoms with E-state index >= 15 is 0 Å². The van der Waals surface area contributed by atoms with E-state index in [9.17, 15) is 9.59 Å². The van der Waals surface area contributed by atoms with Crippen molar-refractivity contribution in [2.75, 3.05) is 20.7 Å². The first-order chi connectivity index (χ1) is 11.8. The predicted octanol–water partition coefficient (Wildman–Crippen LogP) is 2.00. The normalized spacial score (nSPS) is 10.9. The molecular formula is C18H26N4O3. The molecule has 25 heavy (non-hydrogen) atoms. The summed E-state index contributed by atoms with van der Waals surface area (Å²) in [6.45, 7) is 6.46. The fourth-order valence-electron chi connectivity index (χ4n) is 2.91. The Bertz CT molecular complexity index is 782. The second-order valence-electron chi connectivity index (χ2n) is 6.31. The van der Waals surface area contributed by atoms with E-state index in [1.807, 2.05) is 31.4 Å². The smallest absolute Gasteiger partial charge is 0.305 e. The Labute approximate surface area is 148 Å². The van der Waals surface area contributed by atoms with E-state index in [-0.39, 0.29) is 11.9 Å². The summed E-state index contributed by atoms with van der Waals surface area (Å²) in [5.74, 6) is -0.193. The quantitative estimate of drug-likeness (QED) is 0.717. The van der Waals surface area contributed by atoms with Gasteiger partial charge in [-0.3, -0.25) is 9.59 Å². The Morgan fingerprint density at radius 1 is 1.24 bits per heavy atom. The fourth-order valence-corrected chi connectivity index (χ4v) is 2.91. The molecule has 7 heteroatoms. The van der Waals surface area contributed by atoms with Gasteiger partial charge in [-0.25, -0.2) is 9.50 Å². The molecule has 136 valence electrons. The zero-order chi connectivity index (χ0) is 18.6. The standard InChI is InChI=1S/C18H26N4O3/c1-12-11-16-19-13(2)15(14(3)22(16)20-12)8-9-17(23)21(4)10-6-7-18(24)25-5/h11H,6-10H2,1-5H3. The molecule has 0 N–H and O–H groups in total. The van der Waals surface area contributed by atoms with E-state index in [4.69, 9.17) is 0 Å². The number of ether oxygens (including phenoxy) is 1. The lowest BCUT2D eigenvalue weighted by Crippen LogP contribution is -2.28. The Morgan fingerprint density at radius 3 is 2.64 bits per heavy atom. The number of hydrogen-bond donors (Lipinski definition) is 0. The topological polar surface area (TPSA) is 76.8 Å². The molecule has 0 saturated heterocycles. The summed E-state index contributed by atoms with van der Waals surface area (Å²) in [7, 11) is 3.13. The molecule has 2 aromatic heterocycles. The zero-order valence-electron chi connectivity index (χ0n) is 15.6. The molecule has 2 aromatic rings. The molecule has 0 aliphatic heterocycles. The highest BCUT2D eigenvalue weighted by atomic mass is 16.5. The van der Waals surface area contributed by atoms with Crippen LogP contribution in [0.2, 0.25) is 0 Å².